The van der Waals surface area contributed by atoms with E-state index in [0.29, 0.717) is 17.3 Å². The summed E-state index contributed by atoms with van der Waals surface area (Å²) in [5.41, 5.74) is 5.69. The third-order valence-corrected chi connectivity index (χ3v) is 6.61. The van der Waals surface area contributed by atoms with Gasteiger partial charge in [-0.2, -0.15) is 0 Å². The predicted molar refractivity (Wildman–Crippen MR) is 168 cm³/mol. The normalized spacial score (nSPS) is 12.9. The zero-order valence-corrected chi connectivity index (χ0v) is 26.9. The van der Waals surface area contributed by atoms with E-state index < -0.39 is 72.0 Å². The van der Waals surface area contributed by atoms with Crippen molar-refractivity contribution in [2.75, 3.05) is 18.9 Å². The summed E-state index contributed by atoms with van der Waals surface area (Å²) in [4.78, 5) is 74.6. The number of thioether (sulfide) groups is 1. The number of esters is 1. The van der Waals surface area contributed by atoms with Crippen molar-refractivity contribution in [1.82, 2.24) is 16.0 Å². The van der Waals surface area contributed by atoms with Gasteiger partial charge in [-0.1, -0.05) is 60.7 Å². The number of hydrogen-bond acceptors (Lipinski definition) is 11. The molecule has 2 aromatic rings. The molecule has 0 aliphatic carbocycles. The average Bonchev–Trinajstić information content (AvgIpc) is 3.01. The molecule has 4 amide bonds. The van der Waals surface area contributed by atoms with E-state index in [9.17, 15) is 28.8 Å². The average molecular weight is 661 g/mol. The Morgan fingerprint density at radius 3 is 1.91 bits per heavy atom. The first-order valence-electron chi connectivity index (χ1n) is 14.2. The van der Waals surface area contributed by atoms with Crippen LogP contribution in [-0.4, -0.2) is 77.8 Å². The summed E-state index contributed by atoms with van der Waals surface area (Å²) in [6, 6.07) is 15.1. The zero-order chi connectivity index (χ0) is 34.1. The maximum Gasteiger partial charge on any atom is 0.408 e. The van der Waals surface area contributed by atoms with Crippen LogP contribution in [0.3, 0.4) is 0 Å². The molecule has 2 aromatic carbocycles. The van der Waals surface area contributed by atoms with E-state index in [1.54, 1.807) is 75.4 Å². The molecule has 0 heterocycles. The Labute approximate surface area is 271 Å². The van der Waals surface area contributed by atoms with E-state index in [2.05, 4.69) is 20.7 Å². The molecule has 0 saturated heterocycles. The summed E-state index contributed by atoms with van der Waals surface area (Å²) >= 11 is 0.641. The highest BCUT2D eigenvalue weighted by Gasteiger charge is 2.34. The second kappa shape index (κ2) is 19.0. The number of benzene rings is 2. The topological polar surface area (TPSA) is 201 Å². The maximum absolute atomic E-state index is 13.5. The Morgan fingerprint density at radius 1 is 0.804 bits per heavy atom. The van der Waals surface area contributed by atoms with Crippen LogP contribution in [0.5, 0.6) is 0 Å². The number of rotatable bonds is 16. The number of carbonyl (C=O) groups excluding carboxylic acids is 6. The minimum absolute atomic E-state index is 0.00184. The van der Waals surface area contributed by atoms with Crippen molar-refractivity contribution in [2.45, 2.75) is 64.7 Å². The molecule has 3 atom stereocenters. The number of nitrogens with two attached hydrogens (primary N) is 1. The summed E-state index contributed by atoms with van der Waals surface area (Å²) in [6.07, 6.45) is -1.88. The number of ether oxygens (including phenoxy) is 4. The molecule has 0 spiro atoms. The van der Waals surface area contributed by atoms with Crippen LogP contribution in [0, 0.1) is 0 Å². The van der Waals surface area contributed by atoms with E-state index in [1.807, 2.05) is 6.07 Å². The van der Waals surface area contributed by atoms with Crippen LogP contribution in [0.15, 0.2) is 60.7 Å². The Bertz CT molecular complexity index is 1320. The molecule has 46 heavy (non-hydrogen) atoms. The van der Waals surface area contributed by atoms with Crippen molar-refractivity contribution in [3.63, 3.8) is 0 Å². The summed E-state index contributed by atoms with van der Waals surface area (Å²) < 4.78 is 21.0. The molecule has 0 radical (unpaired) electrons. The van der Waals surface area contributed by atoms with Crippen molar-refractivity contribution in [2.24, 2.45) is 5.73 Å². The number of nitrogens with one attached hydrogen (secondary N) is 3. The zero-order valence-electron chi connectivity index (χ0n) is 26.1. The smallest absolute Gasteiger partial charge is 0.408 e. The molecule has 0 bridgehead atoms. The van der Waals surface area contributed by atoms with Gasteiger partial charge in [-0.25, -0.2) is 9.59 Å². The minimum atomic E-state index is -1.37. The van der Waals surface area contributed by atoms with Gasteiger partial charge in [0.05, 0.1) is 11.7 Å². The number of carbonyl (C=O) groups is 6. The lowest BCUT2D eigenvalue weighted by Gasteiger charge is -2.31. The van der Waals surface area contributed by atoms with Crippen LogP contribution in [0.4, 0.5) is 9.59 Å². The molecule has 15 heteroatoms. The molecule has 0 saturated carbocycles. The third kappa shape index (κ3) is 15.4. The Balaban J connectivity index is 2.15. The molecule has 0 fully saturated rings. The largest absolute Gasteiger partial charge is 0.454 e. The maximum atomic E-state index is 13.5. The quantitative estimate of drug-likeness (QED) is 0.152. The number of hydrogen-bond donors (Lipinski definition) is 4. The highest BCUT2D eigenvalue weighted by molar-refractivity contribution is 8.13. The molecule has 0 unspecified atom stereocenters. The van der Waals surface area contributed by atoms with Gasteiger partial charge in [-0.15, -0.1) is 0 Å². The van der Waals surface area contributed by atoms with Gasteiger partial charge in [0, 0.05) is 5.75 Å². The van der Waals surface area contributed by atoms with Crippen molar-refractivity contribution >= 4 is 46.8 Å². The molecule has 14 nitrogen and oxygen atoms in total. The summed E-state index contributed by atoms with van der Waals surface area (Å²) in [7, 11) is 0. The SMILES string of the molecule is C[C@@H](OC(C)(C)C)[C@H](NC(=O)[C@H](CSC(=O)OCc1ccccc1)NC(=O)OCc1ccccc1)C(=O)NCC(=O)OCC(N)=O. The van der Waals surface area contributed by atoms with E-state index in [1.165, 1.54) is 6.92 Å². The van der Waals surface area contributed by atoms with Crippen LogP contribution in [-0.2, 0) is 51.3 Å². The van der Waals surface area contributed by atoms with Crippen molar-refractivity contribution in [3.8, 4) is 0 Å². The molecule has 0 aliphatic heterocycles. The number of primary amides is 1. The lowest BCUT2D eigenvalue weighted by atomic mass is 10.1. The van der Waals surface area contributed by atoms with Crippen LogP contribution in [0.25, 0.3) is 0 Å². The summed E-state index contributed by atoms with van der Waals surface area (Å²) in [6.45, 7) is 5.38. The second-order valence-corrected chi connectivity index (χ2v) is 11.8. The highest BCUT2D eigenvalue weighted by Crippen LogP contribution is 2.15. The van der Waals surface area contributed by atoms with Crippen LogP contribution in [0.1, 0.15) is 38.8 Å². The Hall–Kier alpha value is -4.63. The van der Waals surface area contributed by atoms with Crippen LogP contribution < -0.4 is 21.7 Å². The van der Waals surface area contributed by atoms with Gasteiger partial charge in [0.25, 0.3) is 5.91 Å². The van der Waals surface area contributed by atoms with Gasteiger partial charge >= 0.3 is 17.4 Å². The molecule has 2 rings (SSSR count). The third-order valence-electron chi connectivity index (χ3n) is 5.76. The fraction of sp³-hybridized carbons (Fsp3) is 0.419. The van der Waals surface area contributed by atoms with Gasteiger partial charge in [0.15, 0.2) is 6.61 Å². The van der Waals surface area contributed by atoms with E-state index >= 15 is 0 Å². The molecule has 0 aliphatic rings. The Morgan fingerprint density at radius 2 is 1.37 bits per heavy atom. The summed E-state index contributed by atoms with van der Waals surface area (Å²) in [5, 5.41) is 6.60. The first kappa shape index (κ1) is 37.6. The molecular weight excluding hydrogens is 620 g/mol. The molecule has 0 aromatic heterocycles. The van der Waals surface area contributed by atoms with Crippen molar-refractivity contribution in [3.05, 3.63) is 71.8 Å². The van der Waals surface area contributed by atoms with Gasteiger partial charge in [0.2, 0.25) is 11.8 Å². The Kier molecular flexibility index (Phi) is 15.5. The van der Waals surface area contributed by atoms with Gasteiger partial charge in [0.1, 0.15) is 31.8 Å². The predicted octanol–water partition coefficient (Wildman–Crippen LogP) is 2.18. The van der Waals surface area contributed by atoms with E-state index in [-0.39, 0.29) is 19.0 Å². The van der Waals surface area contributed by atoms with Crippen LogP contribution in [0.2, 0.25) is 0 Å². The fourth-order valence-corrected chi connectivity index (χ4v) is 4.43. The standard InChI is InChI=1S/C31H40N4O10S/c1-20(45-31(2,3)4)26(28(39)33-15-25(37)42-18-24(32)36)35-27(38)23(34-29(40)43-16-21-11-7-5-8-12-21)19-46-30(41)44-17-22-13-9-6-10-14-22/h5-14,20,23,26H,15-19H2,1-4H3,(H2,32,36)(H,33,39)(H,34,40)(H,35,38)/t20-,23+,26+/m1/s1. The monoisotopic (exact) mass is 660 g/mol. The second-order valence-electron chi connectivity index (χ2n) is 10.9. The van der Waals surface area contributed by atoms with Gasteiger partial charge in [-0.3, -0.25) is 19.2 Å². The van der Waals surface area contributed by atoms with E-state index in [0.717, 1.165) is 5.56 Å². The number of alkyl carbamates (subject to hydrolysis) is 1. The van der Waals surface area contributed by atoms with Gasteiger partial charge in [-0.05, 0) is 50.6 Å². The number of amides is 4. The lowest BCUT2D eigenvalue weighted by molar-refractivity contribution is -0.148. The van der Waals surface area contributed by atoms with Crippen molar-refractivity contribution in [1.29, 1.82) is 0 Å². The lowest BCUT2D eigenvalue weighted by Crippen LogP contribution is -2.59. The van der Waals surface area contributed by atoms with Crippen molar-refractivity contribution < 1.29 is 47.7 Å². The summed E-state index contributed by atoms with van der Waals surface area (Å²) in [5.74, 6) is -3.75. The van der Waals surface area contributed by atoms with Gasteiger partial charge < -0.3 is 40.6 Å². The first-order valence-corrected chi connectivity index (χ1v) is 15.2. The fourth-order valence-electron chi connectivity index (χ4n) is 3.75. The minimum Gasteiger partial charge on any atom is -0.454 e. The molecular formula is C31H40N4O10S. The van der Waals surface area contributed by atoms with Crippen LogP contribution >= 0.6 is 11.8 Å². The van der Waals surface area contributed by atoms with E-state index in [4.69, 9.17) is 19.9 Å². The molecule has 5 N–H and O–H groups in total. The molecule has 250 valence electrons. The first-order chi connectivity index (χ1) is 21.7. The highest BCUT2D eigenvalue weighted by atomic mass is 32.2.